The summed E-state index contributed by atoms with van der Waals surface area (Å²) in [6, 6.07) is 16.7. The topological polar surface area (TPSA) is 98.7 Å². The van der Waals surface area contributed by atoms with E-state index in [2.05, 4.69) is 10.6 Å². The summed E-state index contributed by atoms with van der Waals surface area (Å²) >= 11 is 1.59. The number of rotatable bonds is 9. The first-order valence-electron chi connectivity index (χ1n) is 10.3. The quantitative estimate of drug-likeness (QED) is 0.464. The molecule has 3 N–H and O–H groups in total. The molecule has 0 spiro atoms. The van der Waals surface area contributed by atoms with Crippen LogP contribution in [0.3, 0.4) is 0 Å². The second-order valence-electron chi connectivity index (χ2n) is 7.61. The van der Waals surface area contributed by atoms with Crippen LogP contribution in [-0.2, 0) is 22.4 Å². The lowest BCUT2D eigenvalue weighted by Gasteiger charge is -2.30. The molecule has 0 fully saturated rings. The van der Waals surface area contributed by atoms with E-state index in [1.807, 2.05) is 60.0 Å². The van der Waals surface area contributed by atoms with Gasteiger partial charge in [0, 0.05) is 31.8 Å². The van der Waals surface area contributed by atoms with Crippen LogP contribution in [0.25, 0.3) is 10.1 Å². The lowest BCUT2D eigenvalue weighted by Crippen LogP contribution is -2.51. The molecular formula is C24H27N3O4S. The first-order chi connectivity index (χ1) is 15.4. The fourth-order valence-electron chi connectivity index (χ4n) is 3.76. The van der Waals surface area contributed by atoms with E-state index in [1.165, 1.54) is 4.90 Å². The molecule has 168 valence electrons. The molecule has 0 unspecified atom stereocenters. The molecule has 3 aromatic rings. The highest BCUT2D eigenvalue weighted by Gasteiger charge is 2.31. The van der Waals surface area contributed by atoms with Crippen LogP contribution in [-0.4, -0.2) is 54.6 Å². The van der Waals surface area contributed by atoms with Crippen molar-refractivity contribution in [3.05, 3.63) is 71.1 Å². The molecular weight excluding hydrogens is 426 g/mol. The van der Waals surface area contributed by atoms with Crippen molar-refractivity contribution in [3.8, 4) is 0 Å². The molecule has 2 atom stereocenters. The van der Waals surface area contributed by atoms with E-state index in [-0.39, 0.29) is 18.4 Å². The van der Waals surface area contributed by atoms with Crippen LogP contribution in [0.2, 0.25) is 0 Å². The third kappa shape index (κ3) is 5.64. The number of thiophene rings is 1. The van der Waals surface area contributed by atoms with Crippen molar-refractivity contribution < 1.29 is 19.5 Å². The molecule has 1 heterocycles. The molecule has 0 bridgehead atoms. The second-order valence-corrected chi connectivity index (χ2v) is 8.52. The standard InChI is InChI=1S/C24H27N3O4S/c1-25-22(28)20(12-16-8-4-3-5-9-16)27(2)23(29)17(14-26-24(30)31)13-18-15-32-21-11-7-6-10-19(18)21/h3-11,15,17,20,26H,12-14H2,1-2H3,(H,25,28)(H,30,31)/t17-,20-/m1/s1. The van der Waals surface area contributed by atoms with E-state index in [0.717, 1.165) is 21.2 Å². The zero-order chi connectivity index (χ0) is 23.1. The summed E-state index contributed by atoms with van der Waals surface area (Å²) in [7, 11) is 3.14. The fraction of sp³-hybridized carbons (Fsp3) is 0.292. The molecule has 0 aliphatic carbocycles. The van der Waals surface area contributed by atoms with Crippen molar-refractivity contribution >= 4 is 39.3 Å². The molecule has 1 aromatic heterocycles. The molecule has 0 aliphatic rings. The van der Waals surface area contributed by atoms with Gasteiger partial charge >= 0.3 is 6.09 Å². The lowest BCUT2D eigenvalue weighted by atomic mass is 9.95. The summed E-state index contributed by atoms with van der Waals surface area (Å²) in [5.41, 5.74) is 1.92. The van der Waals surface area contributed by atoms with Gasteiger partial charge in [-0.15, -0.1) is 11.3 Å². The Morgan fingerprint density at radius 1 is 1.03 bits per heavy atom. The summed E-state index contributed by atoms with van der Waals surface area (Å²) in [6.45, 7) is -0.0333. The van der Waals surface area contributed by atoms with E-state index >= 15 is 0 Å². The number of carbonyl (C=O) groups is 3. The predicted octanol–water partition coefficient (Wildman–Crippen LogP) is 3.14. The van der Waals surface area contributed by atoms with E-state index in [9.17, 15) is 14.4 Å². The van der Waals surface area contributed by atoms with Gasteiger partial charge in [-0.05, 0) is 34.4 Å². The van der Waals surface area contributed by atoms with E-state index in [4.69, 9.17) is 5.11 Å². The molecule has 2 aromatic carbocycles. The monoisotopic (exact) mass is 453 g/mol. The Morgan fingerprint density at radius 2 is 1.72 bits per heavy atom. The summed E-state index contributed by atoms with van der Waals surface area (Å²) < 4.78 is 1.11. The molecule has 3 rings (SSSR count). The van der Waals surface area contributed by atoms with E-state index in [1.54, 1.807) is 25.4 Å². The zero-order valence-electron chi connectivity index (χ0n) is 18.1. The Kier molecular flexibility index (Phi) is 7.83. The first kappa shape index (κ1) is 23.3. The Bertz CT molecular complexity index is 1080. The number of carboxylic acid groups (broad SMARTS) is 1. The highest BCUT2D eigenvalue weighted by atomic mass is 32.1. The molecule has 8 heteroatoms. The number of likely N-dealkylation sites (N-methyl/N-ethyl adjacent to an activating group) is 2. The molecule has 7 nitrogen and oxygen atoms in total. The van der Waals surface area contributed by atoms with Gasteiger partial charge in [0.05, 0.1) is 5.92 Å². The van der Waals surface area contributed by atoms with Crippen molar-refractivity contribution in [2.24, 2.45) is 5.92 Å². The van der Waals surface area contributed by atoms with Crippen molar-refractivity contribution in [2.75, 3.05) is 20.6 Å². The van der Waals surface area contributed by atoms with Crippen LogP contribution in [0.1, 0.15) is 11.1 Å². The van der Waals surface area contributed by atoms with Crippen LogP contribution in [0.5, 0.6) is 0 Å². The van der Waals surface area contributed by atoms with Gasteiger partial charge in [-0.2, -0.15) is 0 Å². The SMILES string of the molecule is CNC(=O)[C@@H](Cc1ccccc1)N(C)C(=O)[C@@H](CNC(=O)O)Cc1csc2ccccc12. The van der Waals surface area contributed by atoms with Crippen LogP contribution < -0.4 is 10.6 Å². The largest absolute Gasteiger partial charge is 0.465 e. The van der Waals surface area contributed by atoms with Crippen molar-refractivity contribution in [1.82, 2.24) is 15.5 Å². The number of carbonyl (C=O) groups excluding carboxylic acids is 2. The maximum atomic E-state index is 13.5. The van der Waals surface area contributed by atoms with Gasteiger partial charge in [-0.25, -0.2) is 4.79 Å². The van der Waals surface area contributed by atoms with Crippen LogP contribution in [0, 0.1) is 5.92 Å². The number of nitrogens with zero attached hydrogens (tertiary/aromatic N) is 1. The third-order valence-corrected chi connectivity index (χ3v) is 6.52. The molecule has 0 saturated heterocycles. The maximum Gasteiger partial charge on any atom is 0.404 e. The molecule has 0 radical (unpaired) electrons. The van der Waals surface area contributed by atoms with Gasteiger partial charge in [-0.3, -0.25) is 9.59 Å². The molecule has 0 saturated carbocycles. The zero-order valence-corrected chi connectivity index (χ0v) is 18.9. The summed E-state index contributed by atoms with van der Waals surface area (Å²) in [4.78, 5) is 38.7. The number of hydrogen-bond donors (Lipinski definition) is 3. The van der Waals surface area contributed by atoms with Gasteiger partial charge in [0.1, 0.15) is 6.04 Å². The maximum absolute atomic E-state index is 13.5. The minimum absolute atomic E-state index is 0.0333. The summed E-state index contributed by atoms with van der Waals surface area (Å²) in [5.74, 6) is -1.19. The minimum Gasteiger partial charge on any atom is -0.465 e. The number of nitrogens with one attached hydrogen (secondary N) is 2. The van der Waals surface area contributed by atoms with Crippen molar-refractivity contribution in [2.45, 2.75) is 18.9 Å². The normalized spacial score (nSPS) is 12.7. The van der Waals surface area contributed by atoms with Crippen LogP contribution in [0.4, 0.5) is 4.79 Å². The van der Waals surface area contributed by atoms with Gasteiger partial charge in [0.15, 0.2) is 0 Å². The van der Waals surface area contributed by atoms with E-state index < -0.39 is 18.1 Å². The van der Waals surface area contributed by atoms with Gasteiger partial charge < -0.3 is 20.6 Å². The van der Waals surface area contributed by atoms with Crippen molar-refractivity contribution in [1.29, 1.82) is 0 Å². The number of amides is 3. The van der Waals surface area contributed by atoms with E-state index in [0.29, 0.717) is 12.8 Å². The van der Waals surface area contributed by atoms with Crippen LogP contribution >= 0.6 is 11.3 Å². The van der Waals surface area contributed by atoms with Gasteiger partial charge in [0.2, 0.25) is 11.8 Å². The smallest absolute Gasteiger partial charge is 0.404 e. The fourth-order valence-corrected chi connectivity index (χ4v) is 4.74. The minimum atomic E-state index is -1.19. The van der Waals surface area contributed by atoms with Gasteiger partial charge in [0.25, 0.3) is 0 Å². The number of fused-ring (bicyclic) bond motifs is 1. The molecule has 0 aliphatic heterocycles. The Morgan fingerprint density at radius 3 is 2.41 bits per heavy atom. The predicted molar refractivity (Wildman–Crippen MR) is 126 cm³/mol. The summed E-state index contributed by atoms with van der Waals surface area (Å²) in [5, 5.41) is 17.2. The second kappa shape index (κ2) is 10.8. The molecule has 32 heavy (non-hydrogen) atoms. The highest BCUT2D eigenvalue weighted by molar-refractivity contribution is 7.17. The highest BCUT2D eigenvalue weighted by Crippen LogP contribution is 2.28. The average molecular weight is 454 g/mol. The molecule has 3 amide bonds. The Balaban J connectivity index is 1.85. The Hall–Kier alpha value is -3.39. The Labute approximate surface area is 191 Å². The van der Waals surface area contributed by atoms with Gasteiger partial charge in [-0.1, -0.05) is 48.5 Å². The van der Waals surface area contributed by atoms with Crippen LogP contribution in [0.15, 0.2) is 60.0 Å². The average Bonchev–Trinajstić information content (AvgIpc) is 3.22. The number of hydrogen-bond acceptors (Lipinski definition) is 4. The first-order valence-corrected chi connectivity index (χ1v) is 11.2. The summed E-state index contributed by atoms with van der Waals surface area (Å²) in [6.07, 6.45) is -0.449. The third-order valence-electron chi connectivity index (χ3n) is 5.51. The lowest BCUT2D eigenvalue weighted by molar-refractivity contribution is -0.141. The number of benzene rings is 2. The van der Waals surface area contributed by atoms with Crippen molar-refractivity contribution in [3.63, 3.8) is 0 Å².